The predicted octanol–water partition coefficient (Wildman–Crippen LogP) is 3.25. The van der Waals surface area contributed by atoms with Crippen molar-refractivity contribution in [2.75, 3.05) is 17.6 Å². The van der Waals surface area contributed by atoms with Gasteiger partial charge in [-0.25, -0.2) is 0 Å². The first-order valence-corrected chi connectivity index (χ1v) is 7.25. The lowest BCUT2D eigenvalue weighted by atomic mass is 10.1. The van der Waals surface area contributed by atoms with Gasteiger partial charge in [0.1, 0.15) is 10.8 Å². The molecule has 4 nitrogen and oxygen atoms in total. The van der Waals surface area contributed by atoms with Crippen molar-refractivity contribution in [3.63, 3.8) is 0 Å². The first kappa shape index (κ1) is 12.4. The van der Waals surface area contributed by atoms with E-state index in [0.717, 1.165) is 28.6 Å². The number of nitrogens with zero attached hydrogens (tertiary/aromatic N) is 2. The van der Waals surface area contributed by atoms with E-state index in [0.29, 0.717) is 11.2 Å². The van der Waals surface area contributed by atoms with Gasteiger partial charge in [0.2, 0.25) is 0 Å². The molecule has 1 unspecified atom stereocenters. The first-order valence-electron chi connectivity index (χ1n) is 6.47. The van der Waals surface area contributed by atoms with Gasteiger partial charge in [0, 0.05) is 24.5 Å². The number of pyridine rings is 1. The number of hydrogen-bond donors (Lipinski definition) is 2. The van der Waals surface area contributed by atoms with E-state index in [4.69, 9.17) is 5.73 Å². The van der Waals surface area contributed by atoms with Crippen molar-refractivity contribution >= 4 is 22.4 Å². The third kappa shape index (κ3) is 2.42. The molecule has 1 saturated carbocycles. The van der Waals surface area contributed by atoms with Gasteiger partial charge in [-0.05, 0) is 35.4 Å². The summed E-state index contributed by atoms with van der Waals surface area (Å²) in [5, 5.41) is 4.55. The molecule has 0 saturated heterocycles. The molecule has 1 aliphatic rings. The number of rotatable bonds is 4. The Balaban J connectivity index is 1.79. The van der Waals surface area contributed by atoms with Crippen LogP contribution in [0.2, 0.25) is 0 Å². The Hall–Kier alpha value is -1.62. The second kappa shape index (κ2) is 4.49. The van der Waals surface area contributed by atoms with Gasteiger partial charge in [0.15, 0.2) is 0 Å². The highest BCUT2D eigenvalue weighted by Crippen LogP contribution is 2.51. The minimum absolute atomic E-state index is 0.484. The van der Waals surface area contributed by atoms with E-state index in [1.54, 1.807) is 6.20 Å². The number of aromatic nitrogens is 2. The molecule has 0 spiro atoms. The molecule has 0 aliphatic heterocycles. The van der Waals surface area contributed by atoms with Crippen molar-refractivity contribution in [2.24, 2.45) is 11.3 Å². The molecule has 5 heteroatoms. The highest BCUT2D eigenvalue weighted by atomic mass is 32.1. The highest BCUT2D eigenvalue weighted by Gasteiger charge is 2.45. The second-order valence-corrected chi connectivity index (χ2v) is 6.56. The number of hydrogen-bond acceptors (Lipinski definition) is 5. The molecule has 2 aromatic heterocycles. The average molecular weight is 274 g/mol. The summed E-state index contributed by atoms with van der Waals surface area (Å²) in [4.78, 5) is 4.15. The molecule has 1 fully saturated rings. The summed E-state index contributed by atoms with van der Waals surface area (Å²) in [5.41, 5.74) is 8.47. The predicted molar refractivity (Wildman–Crippen MR) is 80.1 cm³/mol. The largest absolute Gasteiger partial charge is 0.382 e. The van der Waals surface area contributed by atoms with Gasteiger partial charge in [-0.1, -0.05) is 19.9 Å². The molecular weight excluding hydrogens is 256 g/mol. The van der Waals surface area contributed by atoms with Crippen LogP contribution in [0.25, 0.3) is 11.1 Å². The SMILES string of the molecule is CC1(C)CC1CNc1snc(N)c1-c1cccnc1. The summed E-state index contributed by atoms with van der Waals surface area (Å²) in [7, 11) is 0. The molecule has 3 N–H and O–H groups in total. The summed E-state index contributed by atoms with van der Waals surface area (Å²) < 4.78 is 4.26. The molecular formula is C14H18N4S. The lowest BCUT2D eigenvalue weighted by Gasteiger charge is -2.08. The Morgan fingerprint density at radius 1 is 1.53 bits per heavy atom. The zero-order valence-electron chi connectivity index (χ0n) is 11.2. The molecule has 100 valence electrons. The third-order valence-electron chi connectivity index (χ3n) is 3.90. The van der Waals surface area contributed by atoms with E-state index in [1.165, 1.54) is 18.0 Å². The van der Waals surface area contributed by atoms with E-state index in [1.807, 2.05) is 18.3 Å². The molecule has 1 atom stereocenters. The standard InChI is InChI=1S/C14H18N4S/c1-14(2)6-10(14)8-17-13-11(12(15)18-19-13)9-4-3-5-16-7-9/h3-5,7,10,17H,6,8H2,1-2H3,(H2,15,18). The van der Waals surface area contributed by atoms with E-state index in [2.05, 4.69) is 28.5 Å². The Morgan fingerprint density at radius 2 is 2.32 bits per heavy atom. The van der Waals surface area contributed by atoms with Crippen LogP contribution in [0, 0.1) is 11.3 Å². The van der Waals surface area contributed by atoms with Crippen LogP contribution in [-0.2, 0) is 0 Å². The van der Waals surface area contributed by atoms with Crippen LogP contribution in [0.1, 0.15) is 20.3 Å². The third-order valence-corrected chi connectivity index (χ3v) is 4.71. The Morgan fingerprint density at radius 3 is 2.95 bits per heavy atom. The number of nitrogens with two attached hydrogens (primary N) is 1. The molecule has 0 amide bonds. The lowest BCUT2D eigenvalue weighted by Crippen LogP contribution is -2.07. The minimum Gasteiger partial charge on any atom is -0.382 e. The summed E-state index contributed by atoms with van der Waals surface area (Å²) in [6.45, 7) is 5.60. The van der Waals surface area contributed by atoms with Crippen LogP contribution in [0.3, 0.4) is 0 Å². The monoisotopic (exact) mass is 274 g/mol. The maximum Gasteiger partial charge on any atom is 0.147 e. The van der Waals surface area contributed by atoms with Crippen molar-refractivity contribution in [3.05, 3.63) is 24.5 Å². The zero-order chi connectivity index (χ0) is 13.5. The molecule has 3 rings (SSSR count). The van der Waals surface area contributed by atoms with Crippen molar-refractivity contribution < 1.29 is 0 Å². The van der Waals surface area contributed by atoms with Crippen molar-refractivity contribution in [3.8, 4) is 11.1 Å². The van der Waals surface area contributed by atoms with Crippen LogP contribution < -0.4 is 11.1 Å². The fourth-order valence-electron chi connectivity index (χ4n) is 2.35. The second-order valence-electron chi connectivity index (χ2n) is 5.78. The summed E-state index contributed by atoms with van der Waals surface area (Å²) in [5.74, 6) is 1.33. The number of anilines is 2. The summed E-state index contributed by atoms with van der Waals surface area (Å²) in [6.07, 6.45) is 4.88. The summed E-state index contributed by atoms with van der Waals surface area (Å²) in [6, 6.07) is 3.93. The zero-order valence-corrected chi connectivity index (χ0v) is 12.0. The van der Waals surface area contributed by atoms with E-state index in [-0.39, 0.29) is 0 Å². The van der Waals surface area contributed by atoms with Gasteiger partial charge in [-0.15, -0.1) is 0 Å². The minimum atomic E-state index is 0.484. The molecule has 2 heterocycles. The van der Waals surface area contributed by atoms with Crippen LogP contribution in [0.4, 0.5) is 10.8 Å². The number of nitrogen functional groups attached to an aromatic ring is 1. The van der Waals surface area contributed by atoms with Crippen LogP contribution >= 0.6 is 11.5 Å². The lowest BCUT2D eigenvalue weighted by molar-refractivity contribution is 0.573. The van der Waals surface area contributed by atoms with Crippen molar-refractivity contribution in [1.82, 2.24) is 9.36 Å². The van der Waals surface area contributed by atoms with Gasteiger partial charge < -0.3 is 11.1 Å². The Bertz CT molecular complexity index is 576. The van der Waals surface area contributed by atoms with Crippen molar-refractivity contribution in [1.29, 1.82) is 0 Å². The van der Waals surface area contributed by atoms with Crippen LogP contribution in [0.5, 0.6) is 0 Å². The van der Waals surface area contributed by atoms with E-state index >= 15 is 0 Å². The fourth-order valence-corrected chi connectivity index (χ4v) is 3.10. The van der Waals surface area contributed by atoms with Gasteiger partial charge >= 0.3 is 0 Å². The average Bonchev–Trinajstić information content (AvgIpc) is 2.84. The molecule has 19 heavy (non-hydrogen) atoms. The van der Waals surface area contributed by atoms with Gasteiger partial charge in [0.05, 0.1) is 5.56 Å². The van der Waals surface area contributed by atoms with E-state index in [9.17, 15) is 0 Å². The maximum atomic E-state index is 5.98. The molecule has 0 bridgehead atoms. The molecule has 0 radical (unpaired) electrons. The number of nitrogens with one attached hydrogen (secondary N) is 1. The molecule has 1 aliphatic carbocycles. The molecule has 0 aromatic carbocycles. The van der Waals surface area contributed by atoms with Gasteiger partial charge in [0.25, 0.3) is 0 Å². The Labute approximate surface area is 117 Å². The van der Waals surface area contributed by atoms with Gasteiger partial charge in [-0.2, -0.15) is 4.37 Å². The van der Waals surface area contributed by atoms with Crippen molar-refractivity contribution in [2.45, 2.75) is 20.3 Å². The van der Waals surface area contributed by atoms with Gasteiger partial charge in [-0.3, -0.25) is 4.98 Å². The normalized spacial score (nSPS) is 20.2. The quantitative estimate of drug-likeness (QED) is 0.898. The Kier molecular flexibility index (Phi) is 2.93. The first-order chi connectivity index (χ1) is 9.08. The summed E-state index contributed by atoms with van der Waals surface area (Å²) >= 11 is 1.43. The fraction of sp³-hybridized carbons (Fsp3) is 0.429. The maximum absolute atomic E-state index is 5.98. The van der Waals surface area contributed by atoms with Crippen LogP contribution in [-0.4, -0.2) is 15.9 Å². The smallest absolute Gasteiger partial charge is 0.147 e. The molecule has 2 aromatic rings. The topological polar surface area (TPSA) is 63.8 Å². The van der Waals surface area contributed by atoms with E-state index < -0.39 is 0 Å². The van der Waals surface area contributed by atoms with Crippen LogP contribution in [0.15, 0.2) is 24.5 Å². The highest BCUT2D eigenvalue weighted by molar-refractivity contribution is 7.11.